The number of carbonyl (C=O) groups is 6. The summed E-state index contributed by atoms with van der Waals surface area (Å²) in [6.45, 7) is 6.40. The third kappa shape index (κ3) is 10.1. The van der Waals surface area contributed by atoms with Crippen molar-refractivity contribution in [1.82, 2.24) is 15.1 Å². The van der Waals surface area contributed by atoms with Gasteiger partial charge in [0.1, 0.15) is 40.7 Å². The minimum Gasteiger partial charge on any atom is -0.495 e. The highest BCUT2D eigenvalue weighted by Gasteiger charge is 2.64. The molecule has 0 aromatic heterocycles. The van der Waals surface area contributed by atoms with Crippen molar-refractivity contribution in [2.24, 2.45) is 5.92 Å². The van der Waals surface area contributed by atoms with E-state index in [0.717, 1.165) is 27.8 Å². The number of alkyl carbamates (subject to hydrolysis) is 1. The molecule has 19 heteroatoms. The number of amides is 5. The van der Waals surface area contributed by atoms with Gasteiger partial charge in [0.2, 0.25) is 23.6 Å². The van der Waals surface area contributed by atoms with Crippen molar-refractivity contribution in [3.63, 3.8) is 0 Å². The van der Waals surface area contributed by atoms with E-state index in [4.69, 9.17) is 35.3 Å². The number of β-amino-alcohol motifs (C(OH)–C–C–N with tert-alkyl or cyclic N) is 1. The number of aliphatic hydroxyl groups excluding tert-OH is 1. The Balaban J connectivity index is 1.40. The van der Waals surface area contributed by atoms with Crippen LogP contribution in [0, 0.1) is 5.92 Å². The second-order valence-corrected chi connectivity index (χ2v) is 17.5. The molecule has 5 amide bonds. The molecule has 60 heavy (non-hydrogen) atoms. The molecule has 17 nitrogen and oxygen atoms in total. The smallest absolute Gasteiger partial charge is 0.409 e. The molecule has 4 aliphatic heterocycles. The van der Waals surface area contributed by atoms with Gasteiger partial charge < -0.3 is 43.7 Å². The standard InChI is InChI=1S/C41H55ClN4O13S/c1-22-10-9-11-30(56-8)41(54)21-28(57-39(53)43-41)23(2)36-40(4,59-36)31(20-33(49)45(6)26-17-25(16-22)18-27(55-7)35(26)42)58-38(52)24(3)44(5)32(48)12-15-60-29-19-34(50)46(13-14-47)37(29)51/h9-11,17-18,23-24,28-31,36,47,54H,12-16,19-21H2,1-8H3,(H,43,53)/b11-9+,22-10+/t23-,24-,28+,29?,30-,31+,36+,40+,41+/m1/s1. The number of imide groups is 1. The second-order valence-electron chi connectivity index (χ2n) is 15.8. The maximum absolute atomic E-state index is 14.2. The molecule has 1 unspecified atom stereocenters. The number of carbonyl (C=O) groups excluding carboxylic acids is 6. The van der Waals surface area contributed by atoms with Crippen LogP contribution in [0.25, 0.3) is 0 Å². The van der Waals surface area contributed by atoms with Crippen LogP contribution in [-0.4, -0.2) is 150 Å². The molecule has 3 N–H and O–H groups in total. The number of epoxide rings is 1. The minimum absolute atomic E-state index is 0.0276. The molecule has 0 aliphatic carbocycles. The summed E-state index contributed by atoms with van der Waals surface area (Å²) in [5.41, 5.74) is -1.13. The molecule has 0 radical (unpaired) electrons. The van der Waals surface area contributed by atoms with Crippen molar-refractivity contribution in [3.05, 3.63) is 46.5 Å². The van der Waals surface area contributed by atoms with Crippen LogP contribution in [0.4, 0.5) is 10.5 Å². The predicted octanol–water partition coefficient (Wildman–Crippen LogP) is 2.76. The Morgan fingerprint density at radius 3 is 2.55 bits per heavy atom. The van der Waals surface area contributed by atoms with Crippen LogP contribution < -0.4 is 15.0 Å². The van der Waals surface area contributed by atoms with E-state index < -0.39 is 82.7 Å². The Morgan fingerprint density at radius 1 is 1.17 bits per heavy atom. The van der Waals surface area contributed by atoms with Gasteiger partial charge in [0.15, 0.2) is 5.72 Å². The number of nitrogens with one attached hydrogen (secondary N) is 1. The number of nitrogens with zero attached hydrogens (tertiary/aromatic N) is 3. The van der Waals surface area contributed by atoms with E-state index in [-0.39, 0.29) is 55.5 Å². The van der Waals surface area contributed by atoms with E-state index in [1.54, 1.807) is 45.2 Å². The fourth-order valence-electron chi connectivity index (χ4n) is 7.80. The average molecular weight is 879 g/mol. The highest BCUT2D eigenvalue weighted by molar-refractivity contribution is 8.00. The molecule has 1 aromatic rings. The van der Waals surface area contributed by atoms with E-state index >= 15 is 0 Å². The SMILES string of the molecule is COc1cc2cc(c1Cl)N(C)C(=O)C[C@H](OC(=O)[C@@H](C)N(C)C(=O)CCSC1CC(=O)N(CCO)C1=O)[C@]1(C)O[C@H]1[C@H](C)[C@@H]1C[C@@](O)(NC(=O)O1)[C@H](OC)/C=C/C=C(\C)C2. The number of hydrogen-bond acceptors (Lipinski definition) is 14. The zero-order valence-corrected chi connectivity index (χ0v) is 36.7. The first-order valence-corrected chi connectivity index (χ1v) is 21.1. The van der Waals surface area contributed by atoms with E-state index in [1.165, 1.54) is 38.0 Å². The average Bonchev–Trinajstić information content (AvgIpc) is 3.83. The molecular weight excluding hydrogens is 824 g/mol. The first-order chi connectivity index (χ1) is 28.3. The van der Waals surface area contributed by atoms with Crippen LogP contribution in [0.5, 0.6) is 5.75 Å². The fraction of sp³-hybridized carbons (Fsp3) is 0.610. The predicted molar refractivity (Wildman–Crippen MR) is 220 cm³/mol. The van der Waals surface area contributed by atoms with Crippen molar-refractivity contribution in [3.8, 4) is 5.75 Å². The summed E-state index contributed by atoms with van der Waals surface area (Å²) in [7, 11) is 5.86. The highest BCUT2D eigenvalue weighted by atomic mass is 35.5. The first-order valence-electron chi connectivity index (χ1n) is 19.7. The molecule has 1 aromatic carbocycles. The van der Waals surface area contributed by atoms with Crippen LogP contribution in [0.1, 0.15) is 58.9 Å². The minimum atomic E-state index is -1.87. The monoisotopic (exact) mass is 878 g/mol. The molecule has 5 rings (SSSR count). The van der Waals surface area contributed by atoms with Gasteiger partial charge in [0.05, 0.1) is 43.7 Å². The molecule has 4 heterocycles. The number of aliphatic hydroxyl groups is 2. The molecule has 9 atom stereocenters. The number of methoxy groups -OCH3 is 2. The number of allylic oxidation sites excluding steroid dienone is 3. The lowest BCUT2D eigenvalue weighted by Crippen LogP contribution is -2.63. The van der Waals surface area contributed by atoms with E-state index in [0.29, 0.717) is 17.9 Å². The number of rotatable bonds is 11. The van der Waals surface area contributed by atoms with Crippen LogP contribution in [-0.2, 0) is 49.3 Å². The summed E-state index contributed by atoms with van der Waals surface area (Å²) >= 11 is 7.92. The summed E-state index contributed by atoms with van der Waals surface area (Å²) in [4.78, 5) is 82.7. The third-order valence-electron chi connectivity index (χ3n) is 11.7. The Bertz CT molecular complexity index is 1910. The Hall–Kier alpha value is -4.20. The Kier molecular flexibility index (Phi) is 15.0. The topological polar surface area (TPSA) is 214 Å². The molecule has 3 fully saturated rings. The third-order valence-corrected chi connectivity index (χ3v) is 13.3. The number of thioether (sulfide) groups is 1. The van der Waals surface area contributed by atoms with Gasteiger partial charge in [-0.25, -0.2) is 9.59 Å². The lowest BCUT2D eigenvalue weighted by atomic mass is 9.83. The maximum Gasteiger partial charge on any atom is 0.409 e. The zero-order valence-electron chi connectivity index (χ0n) is 35.1. The number of anilines is 1. The van der Waals surface area contributed by atoms with Gasteiger partial charge in [-0.1, -0.05) is 42.3 Å². The van der Waals surface area contributed by atoms with E-state index in [2.05, 4.69) is 5.32 Å². The molecular formula is C41H55ClN4O13S. The summed E-state index contributed by atoms with van der Waals surface area (Å²) in [5, 5.41) is 23.0. The van der Waals surface area contributed by atoms with Crippen LogP contribution >= 0.6 is 23.4 Å². The first kappa shape index (κ1) is 46.9. The number of halogens is 1. The van der Waals surface area contributed by atoms with Gasteiger partial charge in [-0.2, -0.15) is 0 Å². The van der Waals surface area contributed by atoms with E-state index in [9.17, 15) is 39.0 Å². The van der Waals surface area contributed by atoms with Gasteiger partial charge >= 0.3 is 12.1 Å². The number of benzene rings is 1. The Labute approximate surface area is 358 Å². The van der Waals surface area contributed by atoms with Crippen LogP contribution in [0.2, 0.25) is 5.02 Å². The van der Waals surface area contributed by atoms with Crippen LogP contribution in [0.15, 0.2) is 35.9 Å². The summed E-state index contributed by atoms with van der Waals surface area (Å²) in [6, 6.07) is 2.41. The number of fused-ring (bicyclic) bond motifs is 5. The summed E-state index contributed by atoms with van der Waals surface area (Å²) < 4.78 is 29.2. The second kappa shape index (κ2) is 19.2. The summed E-state index contributed by atoms with van der Waals surface area (Å²) in [5.74, 6) is -2.58. The van der Waals surface area contributed by atoms with Crippen LogP contribution in [0.3, 0.4) is 0 Å². The molecule has 330 valence electrons. The number of hydrogen-bond donors (Lipinski definition) is 3. The summed E-state index contributed by atoms with van der Waals surface area (Å²) in [6.07, 6.45) is 0.392. The van der Waals surface area contributed by atoms with Gasteiger partial charge in [-0.05, 0) is 44.9 Å². The van der Waals surface area contributed by atoms with Gasteiger partial charge in [-0.3, -0.25) is 29.4 Å². The molecule has 4 bridgehead atoms. The number of esters is 1. The molecule has 0 saturated carbocycles. The quantitative estimate of drug-likeness (QED) is 0.166. The van der Waals surface area contributed by atoms with Crippen molar-refractivity contribution >= 4 is 64.7 Å². The number of ether oxygens (including phenoxy) is 5. The van der Waals surface area contributed by atoms with Crippen molar-refractivity contribution in [1.29, 1.82) is 0 Å². The van der Waals surface area contributed by atoms with Gasteiger partial charge in [-0.15, -0.1) is 11.8 Å². The number of likely N-dealkylation sites (tertiary alicyclic amines) is 1. The fourth-order valence-corrected chi connectivity index (χ4v) is 9.22. The normalized spacial score (nSPS) is 31.6. The zero-order chi connectivity index (χ0) is 44.3. The lowest BCUT2D eigenvalue weighted by Gasteiger charge is -2.42. The van der Waals surface area contributed by atoms with Gasteiger partial charge in [0, 0.05) is 52.1 Å². The number of likely N-dealkylation sites (N-methyl/N-ethyl adjacent to an activating group) is 1. The van der Waals surface area contributed by atoms with Crippen molar-refractivity contribution in [2.75, 3.05) is 52.1 Å². The van der Waals surface area contributed by atoms with Crippen molar-refractivity contribution < 1.29 is 62.7 Å². The largest absolute Gasteiger partial charge is 0.495 e. The lowest BCUT2D eigenvalue weighted by molar-refractivity contribution is -0.162. The Morgan fingerprint density at radius 2 is 1.88 bits per heavy atom. The highest BCUT2D eigenvalue weighted by Crippen LogP contribution is 2.49. The van der Waals surface area contributed by atoms with Crippen molar-refractivity contribution in [2.45, 2.75) is 107 Å². The van der Waals surface area contributed by atoms with E-state index in [1.807, 2.05) is 13.0 Å². The van der Waals surface area contributed by atoms with Gasteiger partial charge in [0.25, 0.3) is 0 Å². The maximum atomic E-state index is 14.2. The molecule has 3 saturated heterocycles. The molecule has 0 spiro atoms. The molecule has 4 aliphatic rings.